The Kier molecular flexibility index (Phi) is 6.06. The normalized spacial score (nSPS) is 14.6. The Morgan fingerprint density at radius 2 is 1.87 bits per heavy atom. The number of aromatic nitrogens is 2. The van der Waals surface area contributed by atoms with E-state index in [-0.39, 0.29) is 12.3 Å². The number of anilines is 2. The van der Waals surface area contributed by atoms with Gasteiger partial charge in [0.15, 0.2) is 0 Å². The second-order valence-corrected chi connectivity index (χ2v) is 7.68. The SMILES string of the molecule is O=C(CCc1ccc(C(F)(F)F)nc1N1CCCCC1)Nc1ccc2cccnc2c1. The molecule has 2 aromatic heterocycles. The van der Waals surface area contributed by atoms with Crippen LogP contribution in [-0.4, -0.2) is 29.0 Å². The third kappa shape index (κ3) is 5.13. The van der Waals surface area contributed by atoms with Crippen LogP contribution in [0, 0.1) is 0 Å². The van der Waals surface area contributed by atoms with Crippen molar-refractivity contribution in [1.82, 2.24) is 9.97 Å². The molecule has 1 aromatic carbocycles. The molecular formula is C23H23F3N4O. The van der Waals surface area contributed by atoms with E-state index < -0.39 is 11.9 Å². The predicted molar refractivity (Wildman–Crippen MR) is 114 cm³/mol. The van der Waals surface area contributed by atoms with E-state index in [9.17, 15) is 18.0 Å². The van der Waals surface area contributed by atoms with Crippen molar-refractivity contribution < 1.29 is 18.0 Å². The molecule has 0 radical (unpaired) electrons. The van der Waals surface area contributed by atoms with E-state index in [0.717, 1.165) is 36.2 Å². The van der Waals surface area contributed by atoms with Crippen molar-refractivity contribution in [1.29, 1.82) is 0 Å². The molecule has 0 bridgehead atoms. The summed E-state index contributed by atoms with van der Waals surface area (Å²) in [4.78, 5) is 22.6. The lowest BCUT2D eigenvalue weighted by Gasteiger charge is -2.30. The second-order valence-electron chi connectivity index (χ2n) is 7.68. The largest absolute Gasteiger partial charge is 0.433 e. The quantitative estimate of drug-likeness (QED) is 0.606. The number of fused-ring (bicyclic) bond motifs is 1. The maximum Gasteiger partial charge on any atom is 0.433 e. The fourth-order valence-corrected chi connectivity index (χ4v) is 3.83. The van der Waals surface area contributed by atoms with E-state index in [1.54, 1.807) is 18.3 Å². The third-order valence-corrected chi connectivity index (χ3v) is 5.41. The number of pyridine rings is 2. The summed E-state index contributed by atoms with van der Waals surface area (Å²) in [6.07, 6.45) is 0.566. The van der Waals surface area contributed by atoms with Crippen LogP contribution in [0.15, 0.2) is 48.7 Å². The molecule has 1 aliphatic heterocycles. The molecule has 5 nitrogen and oxygen atoms in total. The van der Waals surface area contributed by atoms with Gasteiger partial charge in [-0.1, -0.05) is 18.2 Å². The van der Waals surface area contributed by atoms with Gasteiger partial charge in [-0.15, -0.1) is 0 Å². The van der Waals surface area contributed by atoms with E-state index in [2.05, 4.69) is 15.3 Å². The van der Waals surface area contributed by atoms with Crippen LogP contribution >= 0.6 is 0 Å². The van der Waals surface area contributed by atoms with Gasteiger partial charge in [-0.05, 0) is 55.5 Å². The van der Waals surface area contributed by atoms with E-state index >= 15 is 0 Å². The highest BCUT2D eigenvalue weighted by Gasteiger charge is 2.33. The van der Waals surface area contributed by atoms with Gasteiger partial charge in [0.2, 0.25) is 5.91 Å². The molecule has 0 aliphatic carbocycles. The van der Waals surface area contributed by atoms with Gasteiger partial charge in [-0.3, -0.25) is 9.78 Å². The molecule has 1 N–H and O–H groups in total. The molecule has 3 heterocycles. The Labute approximate surface area is 178 Å². The number of carbonyl (C=O) groups excluding carboxylic acids is 1. The van der Waals surface area contributed by atoms with Crippen LogP contribution in [0.25, 0.3) is 10.9 Å². The zero-order valence-electron chi connectivity index (χ0n) is 17.0. The van der Waals surface area contributed by atoms with Crippen LogP contribution in [0.5, 0.6) is 0 Å². The van der Waals surface area contributed by atoms with Gasteiger partial charge in [0.25, 0.3) is 0 Å². The number of carbonyl (C=O) groups is 1. The molecule has 0 saturated carbocycles. The number of alkyl halides is 3. The van der Waals surface area contributed by atoms with Crippen molar-refractivity contribution in [2.45, 2.75) is 38.3 Å². The van der Waals surface area contributed by atoms with E-state index in [0.29, 0.717) is 36.6 Å². The second kappa shape index (κ2) is 8.91. The minimum atomic E-state index is -4.50. The lowest BCUT2D eigenvalue weighted by molar-refractivity contribution is -0.141. The summed E-state index contributed by atoms with van der Waals surface area (Å²) >= 11 is 0. The van der Waals surface area contributed by atoms with Crippen molar-refractivity contribution in [3.05, 3.63) is 59.9 Å². The molecule has 0 spiro atoms. The molecule has 3 aromatic rings. The van der Waals surface area contributed by atoms with Gasteiger partial charge in [0, 0.05) is 36.8 Å². The lowest BCUT2D eigenvalue weighted by atomic mass is 10.1. The number of halogens is 3. The molecule has 31 heavy (non-hydrogen) atoms. The molecule has 4 rings (SSSR count). The molecule has 1 amide bonds. The smallest absolute Gasteiger partial charge is 0.356 e. The van der Waals surface area contributed by atoms with Crippen molar-refractivity contribution in [3.63, 3.8) is 0 Å². The molecule has 0 unspecified atom stereocenters. The fraction of sp³-hybridized carbons (Fsp3) is 0.348. The molecular weight excluding hydrogens is 405 g/mol. The van der Waals surface area contributed by atoms with Crippen LogP contribution in [0.2, 0.25) is 0 Å². The van der Waals surface area contributed by atoms with Crippen LogP contribution < -0.4 is 10.2 Å². The Morgan fingerprint density at radius 3 is 2.65 bits per heavy atom. The number of amides is 1. The highest BCUT2D eigenvalue weighted by molar-refractivity contribution is 5.93. The number of nitrogens with one attached hydrogen (secondary N) is 1. The molecule has 1 saturated heterocycles. The van der Waals surface area contributed by atoms with Crippen LogP contribution in [0.3, 0.4) is 0 Å². The number of hydrogen-bond donors (Lipinski definition) is 1. The van der Waals surface area contributed by atoms with E-state index in [1.165, 1.54) is 6.07 Å². The summed E-state index contributed by atoms with van der Waals surface area (Å²) in [5.41, 5.74) is 1.17. The van der Waals surface area contributed by atoms with Crippen molar-refractivity contribution >= 4 is 28.3 Å². The average molecular weight is 428 g/mol. The lowest BCUT2D eigenvalue weighted by Crippen LogP contribution is -2.32. The summed E-state index contributed by atoms with van der Waals surface area (Å²) in [7, 11) is 0. The highest BCUT2D eigenvalue weighted by atomic mass is 19.4. The Bertz CT molecular complexity index is 1080. The highest BCUT2D eigenvalue weighted by Crippen LogP contribution is 2.32. The zero-order chi connectivity index (χ0) is 21.8. The summed E-state index contributed by atoms with van der Waals surface area (Å²) in [6.45, 7) is 1.36. The third-order valence-electron chi connectivity index (χ3n) is 5.41. The molecule has 162 valence electrons. The Balaban J connectivity index is 1.47. The predicted octanol–water partition coefficient (Wildman–Crippen LogP) is 5.21. The number of benzene rings is 1. The monoisotopic (exact) mass is 428 g/mol. The Morgan fingerprint density at radius 1 is 1.06 bits per heavy atom. The maximum absolute atomic E-state index is 13.2. The number of aryl methyl sites for hydroxylation is 1. The standard InChI is InChI=1S/C23H23F3N4O/c24-23(25,26)20-10-7-17(22(29-20)30-13-2-1-3-14-30)8-11-21(31)28-18-9-6-16-5-4-12-27-19(16)15-18/h4-7,9-10,12,15H,1-3,8,11,13-14H2,(H,28,31). The number of nitrogens with zero attached hydrogens (tertiary/aromatic N) is 3. The van der Waals surface area contributed by atoms with Crippen LogP contribution in [-0.2, 0) is 17.4 Å². The van der Waals surface area contributed by atoms with Crippen LogP contribution in [0.1, 0.15) is 36.9 Å². The average Bonchev–Trinajstić information content (AvgIpc) is 2.77. The zero-order valence-corrected chi connectivity index (χ0v) is 17.0. The van der Waals surface area contributed by atoms with E-state index in [1.807, 2.05) is 23.1 Å². The van der Waals surface area contributed by atoms with Gasteiger partial charge in [0.05, 0.1) is 5.52 Å². The number of hydrogen-bond acceptors (Lipinski definition) is 4. The first-order valence-corrected chi connectivity index (χ1v) is 10.4. The minimum Gasteiger partial charge on any atom is -0.356 e. The summed E-state index contributed by atoms with van der Waals surface area (Å²) in [6, 6.07) is 11.7. The molecule has 0 atom stereocenters. The fourth-order valence-electron chi connectivity index (χ4n) is 3.83. The van der Waals surface area contributed by atoms with Crippen molar-refractivity contribution in [2.24, 2.45) is 0 Å². The summed E-state index contributed by atoms with van der Waals surface area (Å²) < 4.78 is 39.6. The molecule has 1 aliphatic rings. The first-order chi connectivity index (χ1) is 14.9. The Hall–Kier alpha value is -3.16. The van der Waals surface area contributed by atoms with Crippen molar-refractivity contribution in [3.8, 4) is 0 Å². The van der Waals surface area contributed by atoms with Crippen LogP contribution in [0.4, 0.5) is 24.7 Å². The summed E-state index contributed by atoms with van der Waals surface area (Å²) in [5, 5.41) is 3.82. The maximum atomic E-state index is 13.2. The van der Waals surface area contributed by atoms with Gasteiger partial charge in [-0.25, -0.2) is 4.98 Å². The molecule has 1 fully saturated rings. The number of piperidine rings is 1. The van der Waals surface area contributed by atoms with Gasteiger partial charge in [0.1, 0.15) is 11.5 Å². The minimum absolute atomic E-state index is 0.147. The topological polar surface area (TPSA) is 58.1 Å². The first kappa shape index (κ1) is 21.1. The van der Waals surface area contributed by atoms with Gasteiger partial charge in [-0.2, -0.15) is 13.2 Å². The van der Waals surface area contributed by atoms with Gasteiger partial charge >= 0.3 is 6.18 Å². The summed E-state index contributed by atoms with van der Waals surface area (Å²) in [5.74, 6) is 0.136. The van der Waals surface area contributed by atoms with E-state index in [4.69, 9.17) is 0 Å². The first-order valence-electron chi connectivity index (χ1n) is 10.4. The number of rotatable bonds is 5. The van der Waals surface area contributed by atoms with Crippen molar-refractivity contribution in [2.75, 3.05) is 23.3 Å². The van der Waals surface area contributed by atoms with Gasteiger partial charge < -0.3 is 10.2 Å². The molecule has 8 heteroatoms.